The molecule has 1 saturated heterocycles. The third kappa shape index (κ3) is 5.39. The van der Waals surface area contributed by atoms with Crippen LogP contribution in [-0.2, 0) is 11.3 Å². The maximum absolute atomic E-state index is 12.3. The van der Waals surface area contributed by atoms with Gasteiger partial charge in [-0.15, -0.1) is 0 Å². The average Bonchev–Trinajstić information content (AvgIpc) is 2.73. The molecule has 1 aliphatic rings. The number of amides is 1. The van der Waals surface area contributed by atoms with E-state index in [0.29, 0.717) is 18.0 Å². The van der Waals surface area contributed by atoms with Crippen LogP contribution in [0, 0.1) is 0 Å². The van der Waals surface area contributed by atoms with Crippen LogP contribution in [0.4, 0.5) is 5.69 Å². The number of likely N-dealkylation sites (N-methyl/N-ethyl adjacent to an activating group) is 1. The van der Waals surface area contributed by atoms with E-state index in [1.165, 1.54) is 5.69 Å². The number of carbonyl (C=O) groups is 1. The highest BCUT2D eigenvalue weighted by molar-refractivity contribution is 5.80. The molecule has 0 unspecified atom stereocenters. The fourth-order valence-corrected chi connectivity index (χ4v) is 3.15. The van der Waals surface area contributed by atoms with E-state index in [9.17, 15) is 4.79 Å². The second-order valence-corrected chi connectivity index (χ2v) is 7.11. The zero-order valence-corrected chi connectivity index (χ0v) is 16.9. The Morgan fingerprint density at radius 2 is 1.75 bits per heavy atom. The molecule has 0 spiro atoms. The Morgan fingerprint density at radius 1 is 1.07 bits per heavy atom. The summed E-state index contributed by atoms with van der Waals surface area (Å²) in [6.45, 7) is 6.49. The molecule has 0 radical (unpaired) electrons. The van der Waals surface area contributed by atoms with Gasteiger partial charge in [0.2, 0.25) is 0 Å². The number of anilines is 1. The summed E-state index contributed by atoms with van der Waals surface area (Å²) in [5, 5.41) is 2.94. The molecule has 2 aromatic carbocycles. The number of ether oxygens (including phenoxy) is 2. The first-order valence-corrected chi connectivity index (χ1v) is 9.66. The lowest BCUT2D eigenvalue weighted by Gasteiger charge is -2.34. The van der Waals surface area contributed by atoms with Crippen LogP contribution in [0.15, 0.2) is 48.5 Å². The van der Waals surface area contributed by atoms with Crippen molar-refractivity contribution in [2.75, 3.05) is 45.2 Å². The van der Waals surface area contributed by atoms with E-state index in [4.69, 9.17) is 9.47 Å². The number of hydrogen-bond donors (Lipinski definition) is 1. The highest BCUT2D eigenvalue weighted by Crippen LogP contribution is 2.20. The smallest absolute Gasteiger partial charge is 0.261 e. The molecule has 2 aromatic rings. The summed E-state index contributed by atoms with van der Waals surface area (Å²) in [4.78, 5) is 17.1. The van der Waals surface area contributed by atoms with E-state index >= 15 is 0 Å². The summed E-state index contributed by atoms with van der Waals surface area (Å²) in [6.07, 6.45) is -0.586. The second-order valence-electron chi connectivity index (χ2n) is 7.11. The highest BCUT2D eigenvalue weighted by atomic mass is 16.5. The quantitative estimate of drug-likeness (QED) is 0.796. The van der Waals surface area contributed by atoms with Crippen molar-refractivity contribution in [2.24, 2.45) is 0 Å². The molecular formula is C22H29N3O3. The minimum absolute atomic E-state index is 0.147. The number of piperazine rings is 1. The van der Waals surface area contributed by atoms with Gasteiger partial charge in [-0.25, -0.2) is 0 Å². The fourth-order valence-electron chi connectivity index (χ4n) is 3.15. The molecule has 6 nitrogen and oxygen atoms in total. The predicted molar refractivity (Wildman–Crippen MR) is 111 cm³/mol. The maximum Gasteiger partial charge on any atom is 0.261 e. The van der Waals surface area contributed by atoms with Crippen molar-refractivity contribution in [1.29, 1.82) is 0 Å². The molecule has 1 aliphatic heterocycles. The van der Waals surface area contributed by atoms with Crippen molar-refractivity contribution in [1.82, 2.24) is 10.2 Å². The van der Waals surface area contributed by atoms with Crippen molar-refractivity contribution in [2.45, 2.75) is 19.6 Å². The first-order valence-electron chi connectivity index (χ1n) is 9.66. The lowest BCUT2D eigenvalue weighted by Crippen LogP contribution is -2.44. The second kappa shape index (κ2) is 9.46. The number of hydrogen-bond acceptors (Lipinski definition) is 5. The topological polar surface area (TPSA) is 54.0 Å². The van der Waals surface area contributed by atoms with Crippen LogP contribution in [0.25, 0.3) is 0 Å². The van der Waals surface area contributed by atoms with Gasteiger partial charge >= 0.3 is 0 Å². The summed E-state index contributed by atoms with van der Waals surface area (Å²) in [7, 11) is 3.76. The van der Waals surface area contributed by atoms with Gasteiger partial charge in [-0.2, -0.15) is 0 Å². The SMILES string of the molecule is COc1cccc(O[C@H](C)C(=O)NCc2ccc(N3CCN(C)CC3)cc2)c1. The first-order chi connectivity index (χ1) is 13.5. The Labute approximate surface area is 167 Å². The summed E-state index contributed by atoms with van der Waals surface area (Å²) < 4.78 is 10.9. The van der Waals surface area contributed by atoms with Crippen molar-refractivity contribution < 1.29 is 14.3 Å². The van der Waals surface area contributed by atoms with Gasteiger partial charge in [-0.05, 0) is 43.8 Å². The molecule has 0 aromatic heterocycles. The van der Waals surface area contributed by atoms with Crippen molar-refractivity contribution in [3.05, 3.63) is 54.1 Å². The Hall–Kier alpha value is -2.73. The number of benzene rings is 2. The lowest BCUT2D eigenvalue weighted by atomic mass is 10.1. The number of nitrogens with one attached hydrogen (secondary N) is 1. The van der Waals surface area contributed by atoms with E-state index in [1.807, 2.05) is 18.2 Å². The molecule has 0 bridgehead atoms. The number of methoxy groups -OCH3 is 1. The van der Waals surface area contributed by atoms with E-state index in [2.05, 4.69) is 46.4 Å². The normalized spacial score (nSPS) is 15.8. The molecular weight excluding hydrogens is 354 g/mol. The molecule has 0 saturated carbocycles. The number of nitrogens with zero attached hydrogens (tertiary/aromatic N) is 2. The van der Waals surface area contributed by atoms with Gasteiger partial charge in [0.15, 0.2) is 6.10 Å². The van der Waals surface area contributed by atoms with Crippen LogP contribution >= 0.6 is 0 Å². The molecule has 1 N–H and O–H groups in total. The van der Waals surface area contributed by atoms with Crippen LogP contribution in [0.3, 0.4) is 0 Å². The first kappa shape index (κ1) is 20.0. The van der Waals surface area contributed by atoms with Crippen molar-refractivity contribution in [3.8, 4) is 11.5 Å². The van der Waals surface area contributed by atoms with E-state index in [0.717, 1.165) is 31.7 Å². The van der Waals surface area contributed by atoms with Gasteiger partial charge < -0.3 is 24.6 Å². The van der Waals surface area contributed by atoms with Crippen LogP contribution in [0.5, 0.6) is 11.5 Å². The molecule has 1 atom stereocenters. The van der Waals surface area contributed by atoms with Crippen molar-refractivity contribution >= 4 is 11.6 Å². The van der Waals surface area contributed by atoms with Gasteiger partial charge in [0.25, 0.3) is 5.91 Å². The number of carbonyl (C=O) groups excluding carboxylic acids is 1. The van der Waals surface area contributed by atoms with E-state index in [-0.39, 0.29) is 5.91 Å². The largest absolute Gasteiger partial charge is 0.497 e. The molecule has 1 fully saturated rings. The average molecular weight is 383 g/mol. The molecule has 1 heterocycles. The minimum atomic E-state index is -0.586. The molecule has 28 heavy (non-hydrogen) atoms. The lowest BCUT2D eigenvalue weighted by molar-refractivity contribution is -0.127. The predicted octanol–water partition coefficient (Wildman–Crippen LogP) is 2.53. The third-order valence-corrected chi connectivity index (χ3v) is 4.99. The van der Waals surface area contributed by atoms with Gasteiger partial charge in [0.05, 0.1) is 7.11 Å². The van der Waals surface area contributed by atoms with Crippen LogP contribution in [-0.4, -0.2) is 57.2 Å². The van der Waals surface area contributed by atoms with Crippen LogP contribution in [0.2, 0.25) is 0 Å². The summed E-state index contributed by atoms with van der Waals surface area (Å²) in [6, 6.07) is 15.6. The van der Waals surface area contributed by atoms with Gasteiger partial charge in [-0.1, -0.05) is 18.2 Å². The Kier molecular flexibility index (Phi) is 6.76. The van der Waals surface area contributed by atoms with Gasteiger partial charge in [0.1, 0.15) is 11.5 Å². The Balaban J connectivity index is 1.48. The number of rotatable bonds is 7. The summed E-state index contributed by atoms with van der Waals surface area (Å²) in [5.41, 5.74) is 2.30. The van der Waals surface area contributed by atoms with Crippen LogP contribution in [0.1, 0.15) is 12.5 Å². The minimum Gasteiger partial charge on any atom is -0.497 e. The summed E-state index contributed by atoms with van der Waals surface area (Å²) >= 11 is 0. The molecule has 1 amide bonds. The van der Waals surface area contributed by atoms with Crippen molar-refractivity contribution in [3.63, 3.8) is 0 Å². The monoisotopic (exact) mass is 383 g/mol. The molecule has 0 aliphatic carbocycles. The Bertz CT molecular complexity index is 771. The zero-order chi connectivity index (χ0) is 19.9. The van der Waals surface area contributed by atoms with E-state index in [1.54, 1.807) is 20.1 Å². The van der Waals surface area contributed by atoms with E-state index < -0.39 is 6.10 Å². The molecule has 3 rings (SSSR count). The van der Waals surface area contributed by atoms with Crippen LogP contribution < -0.4 is 19.7 Å². The standard InChI is InChI=1S/C22H29N3O3/c1-17(28-21-6-4-5-20(15-21)27-3)22(26)23-16-18-7-9-19(10-8-18)25-13-11-24(2)12-14-25/h4-10,15,17H,11-14,16H2,1-3H3,(H,23,26)/t17-/m1/s1. The van der Waals surface area contributed by atoms with Gasteiger partial charge in [0, 0.05) is 44.5 Å². The van der Waals surface area contributed by atoms with Gasteiger partial charge in [-0.3, -0.25) is 4.79 Å². The fraction of sp³-hybridized carbons (Fsp3) is 0.409. The Morgan fingerprint density at radius 3 is 2.43 bits per heavy atom. The third-order valence-electron chi connectivity index (χ3n) is 4.99. The maximum atomic E-state index is 12.3. The summed E-state index contributed by atoms with van der Waals surface area (Å²) in [5.74, 6) is 1.16. The molecule has 150 valence electrons. The zero-order valence-electron chi connectivity index (χ0n) is 16.9. The molecule has 6 heteroatoms. The highest BCUT2D eigenvalue weighted by Gasteiger charge is 2.16.